The van der Waals surface area contributed by atoms with Crippen LogP contribution < -0.4 is 5.32 Å². The molecule has 1 N–H and O–H groups in total. The van der Waals surface area contributed by atoms with Gasteiger partial charge in [-0.2, -0.15) is 0 Å². The molecule has 0 bridgehead atoms. The van der Waals surface area contributed by atoms with Crippen LogP contribution in [0.4, 0.5) is 0 Å². The first-order valence-electron chi connectivity index (χ1n) is 4.94. The summed E-state index contributed by atoms with van der Waals surface area (Å²) in [6.07, 6.45) is 2.17. The third-order valence-electron chi connectivity index (χ3n) is 2.24. The van der Waals surface area contributed by atoms with E-state index >= 15 is 0 Å². The first kappa shape index (κ1) is 9.24. The number of aromatic nitrogens is 1. The second-order valence-corrected chi connectivity index (χ2v) is 4.02. The highest BCUT2D eigenvalue weighted by Crippen LogP contribution is 2.20. The van der Waals surface area contributed by atoms with Gasteiger partial charge in [0.05, 0.1) is 0 Å². The molecule has 0 atom stereocenters. The molecule has 1 aliphatic carbocycles. The van der Waals surface area contributed by atoms with E-state index in [-0.39, 0.29) is 11.8 Å². The van der Waals surface area contributed by atoms with Crippen molar-refractivity contribution in [1.29, 1.82) is 0 Å². The standard InChI is InChI=1S/C10H14N2O2/c1-6(2)9-5-8(12-14-9)10(13)11-7-3-4-7/h5-7H,3-4H2,1-2H3,(H,11,13). The summed E-state index contributed by atoms with van der Waals surface area (Å²) >= 11 is 0. The molecule has 1 aromatic heterocycles. The molecular formula is C10H14N2O2. The van der Waals surface area contributed by atoms with Crippen molar-refractivity contribution >= 4 is 5.91 Å². The fraction of sp³-hybridized carbons (Fsp3) is 0.600. The van der Waals surface area contributed by atoms with E-state index in [1.54, 1.807) is 6.07 Å². The molecule has 1 fully saturated rings. The largest absolute Gasteiger partial charge is 0.360 e. The number of hydrogen-bond donors (Lipinski definition) is 1. The first-order chi connectivity index (χ1) is 6.66. The van der Waals surface area contributed by atoms with Crippen LogP contribution in [0.5, 0.6) is 0 Å². The van der Waals surface area contributed by atoms with Crippen molar-refractivity contribution < 1.29 is 9.32 Å². The van der Waals surface area contributed by atoms with Crippen molar-refractivity contribution in [3.8, 4) is 0 Å². The lowest BCUT2D eigenvalue weighted by Crippen LogP contribution is -2.25. The van der Waals surface area contributed by atoms with Crippen LogP contribution in [-0.4, -0.2) is 17.1 Å². The first-order valence-corrected chi connectivity index (χ1v) is 4.94. The lowest BCUT2D eigenvalue weighted by Gasteiger charge is -1.97. The normalized spacial score (nSPS) is 15.9. The molecule has 1 amide bonds. The third-order valence-corrected chi connectivity index (χ3v) is 2.24. The maximum atomic E-state index is 11.5. The van der Waals surface area contributed by atoms with Crippen molar-refractivity contribution in [3.05, 3.63) is 17.5 Å². The molecule has 1 aliphatic rings. The minimum atomic E-state index is -0.122. The van der Waals surface area contributed by atoms with Crippen LogP contribution in [0.15, 0.2) is 10.6 Å². The van der Waals surface area contributed by atoms with E-state index in [2.05, 4.69) is 10.5 Å². The van der Waals surface area contributed by atoms with Gasteiger partial charge in [0, 0.05) is 18.0 Å². The molecule has 4 nitrogen and oxygen atoms in total. The molecule has 1 aromatic rings. The highest BCUT2D eigenvalue weighted by Gasteiger charge is 2.25. The third kappa shape index (κ3) is 1.95. The van der Waals surface area contributed by atoms with Crippen LogP contribution in [0.3, 0.4) is 0 Å². The van der Waals surface area contributed by atoms with Crippen LogP contribution in [0, 0.1) is 0 Å². The summed E-state index contributed by atoms with van der Waals surface area (Å²) in [6, 6.07) is 2.07. The lowest BCUT2D eigenvalue weighted by atomic mass is 10.1. The Labute approximate surface area is 82.7 Å². The van der Waals surface area contributed by atoms with Gasteiger partial charge in [0.1, 0.15) is 5.76 Å². The number of amides is 1. The van der Waals surface area contributed by atoms with Crippen molar-refractivity contribution in [3.63, 3.8) is 0 Å². The topological polar surface area (TPSA) is 55.1 Å². The van der Waals surface area contributed by atoms with Crippen LogP contribution in [-0.2, 0) is 0 Å². The maximum absolute atomic E-state index is 11.5. The van der Waals surface area contributed by atoms with Gasteiger partial charge >= 0.3 is 0 Å². The van der Waals surface area contributed by atoms with Gasteiger partial charge in [-0.1, -0.05) is 19.0 Å². The van der Waals surface area contributed by atoms with Crippen LogP contribution in [0.25, 0.3) is 0 Å². The van der Waals surface area contributed by atoms with Crippen molar-refractivity contribution in [2.75, 3.05) is 0 Å². The van der Waals surface area contributed by atoms with E-state index in [9.17, 15) is 4.79 Å². The molecule has 0 unspecified atom stereocenters. The molecule has 0 aromatic carbocycles. The van der Waals surface area contributed by atoms with Gasteiger partial charge in [-0.15, -0.1) is 0 Å². The summed E-state index contributed by atoms with van der Waals surface area (Å²) in [5.41, 5.74) is 0.389. The van der Waals surface area contributed by atoms with Crippen molar-refractivity contribution in [2.24, 2.45) is 0 Å². The van der Waals surface area contributed by atoms with E-state index in [1.165, 1.54) is 0 Å². The van der Waals surface area contributed by atoms with Crippen molar-refractivity contribution in [2.45, 2.75) is 38.6 Å². The molecule has 76 valence electrons. The van der Waals surface area contributed by atoms with Crippen LogP contribution >= 0.6 is 0 Å². The zero-order valence-electron chi connectivity index (χ0n) is 8.41. The summed E-state index contributed by atoms with van der Waals surface area (Å²) in [5, 5.41) is 6.59. The maximum Gasteiger partial charge on any atom is 0.273 e. The van der Waals surface area contributed by atoms with Gasteiger partial charge in [-0.05, 0) is 12.8 Å². The van der Waals surface area contributed by atoms with Gasteiger partial charge in [0.2, 0.25) is 0 Å². The minimum Gasteiger partial charge on any atom is -0.360 e. The van der Waals surface area contributed by atoms with E-state index in [1.807, 2.05) is 13.8 Å². The summed E-state index contributed by atoms with van der Waals surface area (Å²) < 4.78 is 5.04. The zero-order chi connectivity index (χ0) is 10.1. The molecule has 0 spiro atoms. The van der Waals surface area contributed by atoms with Crippen molar-refractivity contribution in [1.82, 2.24) is 10.5 Å². The molecule has 1 saturated carbocycles. The van der Waals surface area contributed by atoms with Gasteiger partial charge in [0.25, 0.3) is 5.91 Å². The Morgan fingerprint density at radius 2 is 2.36 bits per heavy atom. The predicted molar refractivity (Wildman–Crippen MR) is 51.1 cm³/mol. The number of nitrogens with zero attached hydrogens (tertiary/aromatic N) is 1. The van der Waals surface area contributed by atoms with Gasteiger partial charge in [-0.3, -0.25) is 4.79 Å². The summed E-state index contributed by atoms with van der Waals surface area (Å²) in [6.45, 7) is 4.01. The monoisotopic (exact) mass is 194 g/mol. The number of carbonyl (C=O) groups excluding carboxylic acids is 1. The second-order valence-electron chi connectivity index (χ2n) is 4.02. The van der Waals surface area contributed by atoms with Crippen LogP contribution in [0.1, 0.15) is 48.9 Å². The highest BCUT2D eigenvalue weighted by atomic mass is 16.5. The van der Waals surface area contributed by atoms with E-state index < -0.39 is 0 Å². The molecule has 0 aliphatic heterocycles. The smallest absolute Gasteiger partial charge is 0.273 e. The second kappa shape index (κ2) is 3.44. The average molecular weight is 194 g/mol. The number of carbonyl (C=O) groups is 1. The molecule has 0 radical (unpaired) electrons. The molecular weight excluding hydrogens is 180 g/mol. The fourth-order valence-corrected chi connectivity index (χ4v) is 1.16. The lowest BCUT2D eigenvalue weighted by molar-refractivity contribution is 0.0942. The molecule has 2 rings (SSSR count). The Morgan fingerprint density at radius 1 is 1.64 bits per heavy atom. The Balaban J connectivity index is 2.03. The predicted octanol–water partition coefficient (Wildman–Crippen LogP) is 1.69. The van der Waals surface area contributed by atoms with Gasteiger partial charge < -0.3 is 9.84 Å². The Kier molecular flexibility index (Phi) is 2.27. The average Bonchev–Trinajstić information content (AvgIpc) is 2.81. The van der Waals surface area contributed by atoms with Gasteiger partial charge in [0.15, 0.2) is 5.69 Å². The van der Waals surface area contributed by atoms with Crippen LogP contribution in [0.2, 0.25) is 0 Å². The van der Waals surface area contributed by atoms with E-state index in [0.29, 0.717) is 11.7 Å². The summed E-state index contributed by atoms with van der Waals surface area (Å²) in [7, 11) is 0. The Hall–Kier alpha value is -1.32. The molecule has 4 heteroatoms. The highest BCUT2D eigenvalue weighted by molar-refractivity contribution is 5.92. The molecule has 0 saturated heterocycles. The number of rotatable bonds is 3. The fourth-order valence-electron chi connectivity index (χ4n) is 1.16. The number of hydrogen-bond acceptors (Lipinski definition) is 3. The summed E-state index contributed by atoms with van der Waals surface area (Å²) in [4.78, 5) is 11.5. The van der Waals surface area contributed by atoms with E-state index in [4.69, 9.17) is 4.52 Å². The summed E-state index contributed by atoms with van der Waals surface area (Å²) in [5.74, 6) is 0.902. The SMILES string of the molecule is CC(C)c1cc(C(=O)NC2CC2)no1. The Morgan fingerprint density at radius 3 is 2.86 bits per heavy atom. The molecule has 14 heavy (non-hydrogen) atoms. The minimum absolute atomic E-state index is 0.122. The quantitative estimate of drug-likeness (QED) is 0.796. The van der Waals surface area contributed by atoms with E-state index in [0.717, 1.165) is 18.6 Å². The zero-order valence-corrected chi connectivity index (χ0v) is 8.41. The Bertz CT molecular complexity index is 340. The van der Waals surface area contributed by atoms with Gasteiger partial charge in [-0.25, -0.2) is 0 Å². The molecule has 1 heterocycles. The number of nitrogens with one attached hydrogen (secondary N) is 1.